The largest absolute Gasteiger partial charge is 0.311 e. The Bertz CT molecular complexity index is 490. The first-order valence-electron chi connectivity index (χ1n) is 6.17. The summed E-state index contributed by atoms with van der Waals surface area (Å²) in [5.41, 5.74) is 0.673. The lowest BCUT2D eigenvalue weighted by Gasteiger charge is -2.17. The number of nitrogens with zero attached hydrogens (tertiary/aromatic N) is 1. The molecule has 0 radical (unpaired) electrons. The van der Waals surface area contributed by atoms with Crippen LogP contribution in [0.15, 0.2) is 18.2 Å². The van der Waals surface area contributed by atoms with Gasteiger partial charge >= 0.3 is 0 Å². The van der Waals surface area contributed by atoms with Gasteiger partial charge in [-0.2, -0.15) is 0 Å². The van der Waals surface area contributed by atoms with Gasteiger partial charge in [-0.1, -0.05) is 11.6 Å². The summed E-state index contributed by atoms with van der Waals surface area (Å²) in [6.45, 7) is 0.658. The minimum atomic E-state index is -0.459. The summed E-state index contributed by atoms with van der Waals surface area (Å²) < 4.78 is 13.1. The molecule has 1 N–H and O–H groups in total. The van der Waals surface area contributed by atoms with Gasteiger partial charge in [0, 0.05) is 18.3 Å². The maximum Gasteiger partial charge on any atom is 0.244 e. The molecule has 0 spiro atoms. The van der Waals surface area contributed by atoms with E-state index >= 15 is 0 Å². The van der Waals surface area contributed by atoms with Gasteiger partial charge in [-0.15, -0.1) is 0 Å². The Balaban J connectivity index is 1.76. The van der Waals surface area contributed by atoms with Crippen LogP contribution in [0.5, 0.6) is 0 Å². The van der Waals surface area contributed by atoms with Gasteiger partial charge in [0.2, 0.25) is 5.91 Å². The molecular formula is C13H14ClFN2O. The van der Waals surface area contributed by atoms with Crippen molar-refractivity contribution in [2.45, 2.75) is 31.3 Å². The molecule has 2 fully saturated rings. The smallest absolute Gasteiger partial charge is 0.244 e. The lowest BCUT2D eigenvalue weighted by molar-refractivity contribution is -0.118. The molecule has 3 rings (SSSR count). The van der Waals surface area contributed by atoms with E-state index in [-0.39, 0.29) is 17.0 Å². The molecule has 1 aliphatic carbocycles. The zero-order valence-electron chi connectivity index (χ0n) is 9.83. The third-order valence-electron chi connectivity index (χ3n) is 3.43. The van der Waals surface area contributed by atoms with Crippen molar-refractivity contribution in [2.75, 3.05) is 11.4 Å². The van der Waals surface area contributed by atoms with Gasteiger partial charge in [0.15, 0.2) is 0 Å². The van der Waals surface area contributed by atoms with Crippen LogP contribution in [-0.4, -0.2) is 24.5 Å². The lowest BCUT2D eigenvalue weighted by atomic mass is 10.2. The number of anilines is 1. The zero-order valence-corrected chi connectivity index (χ0v) is 10.6. The molecule has 1 amide bonds. The molecule has 1 aliphatic heterocycles. The highest BCUT2D eigenvalue weighted by Gasteiger charge is 2.36. The van der Waals surface area contributed by atoms with E-state index in [2.05, 4.69) is 5.32 Å². The minimum Gasteiger partial charge on any atom is -0.311 e. The molecule has 2 aliphatic rings. The predicted octanol–water partition coefficient (Wildman–Crippen LogP) is 2.34. The number of hydrogen-bond donors (Lipinski definition) is 1. The Morgan fingerprint density at radius 3 is 2.78 bits per heavy atom. The maximum atomic E-state index is 13.1. The van der Waals surface area contributed by atoms with Gasteiger partial charge in [-0.3, -0.25) is 4.79 Å². The molecule has 96 valence electrons. The summed E-state index contributed by atoms with van der Waals surface area (Å²) in [6, 6.07) is 4.82. The van der Waals surface area contributed by atoms with E-state index in [0.29, 0.717) is 18.3 Å². The normalized spacial score (nSPS) is 23.8. The number of amides is 1. The van der Waals surface area contributed by atoms with Crippen LogP contribution in [0.4, 0.5) is 10.1 Å². The van der Waals surface area contributed by atoms with Gasteiger partial charge in [0.05, 0.1) is 11.1 Å². The van der Waals surface area contributed by atoms with Crippen molar-refractivity contribution in [3.8, 4) is 0 Å². The summed E-state index contributed by atoms with van der Waals surface area (Å²) >= 11 is 5.74. The molecule has 18 heavy (non-hydrogen) atoms. The summed E-state index contributed by atoms with van der Waals surface area (Å²) in [5, 5.41) is 3.38. The zero-order chi connectivity index (χ0) is 12.7. The Morgan fingerprint density at radius 2 is 2.11 bits per heavy atom. The molecule has 1 heterocycles. The molecule has 1 aromatic rings. The van der Waals surface area contributed by atoms with Crippen LogP contribution in [0, 0.1) is 5.82 Å². The van der Waals surface area contributed by atoms with E-state index in [1.54, 1.807) is 11.0 Å². The number of rotatable bonds is 3. The van der Waals surface area contributed by atoms with Crippen LogP contribution in [0.1, 0.15) is 19.3 Å². The van der Waals surface area contributed by atoms with E-state index in [1.807, 2.05) is 0 Å². The molecule has 1 unspecified atom stereocenters. The second-order valence-corrected chi connectivity index (χ2v) is 5.28. The summed E-state index contributed by atoms with van der Waals surface area (Å²) in [6.07, 6.45) is 3.11. The fraction of sp³-hybridized carbons (Fsp3) is 0.462. The quantitative estimate of drug-likeness (QED) is 0.913. The summed E-state index contributed by atoms with van der Waals surface area (Å²) in [4.78, 5) is 13.9. The molecule has 1 aromatic carbocycles. The molecule has 5 heteroatoms. The topological polar surface area (TPSA) is 32.3 Å². The molecule has 1 saturated heterocycles. The molecular weight excluding hydrogens is 255 g/mol. The third kappa shape index (κ3) is 2.22. The minimum absolute atomic E-state index is 0.0545. The van der Waals surface area contributed by atoms with E-state index in [4.69, 9.17) is 11.6 Å². The fourth-order valence-corrected chi connectivity index (χ4v) is 2.45. The van der Waals surface area contributed by atoms with Gasteiger partial charge in [0.1, 0.15) is 5.82 Å². The Hall–Kier alpha value is -1.13. The van der Waals surface area contributed by atoms with Crippen LogP contribution in [-0.2, 0) is 4.79 Å². The first-order chi connectivity index (χ1) is 8.65. The monoisotopic (exact) mass is 268 g/mol. The van der Waals surface area contributed by atoms with Gasteiger partial charge < -0.3 is 10.2 Å². The van der Waals surface area contributed by atoms with E-state index < -0.39 is 5.82 Å². The van der Waals surface area contributed by atoms with Gasteiger partial charge in [-0.25, -0.2) is 4.39 Å². The molecule has 0 aromatic heterocycles. The maximum absolute atomic E-state index is 13.1. The predicted molar refractivity (Wildman–Crippen MR) is 68.3 cm³/mol. The van der Waals surface area contributed by atoms with Crippen LogP contribution < -0.4 is 10.2 Å². The number of hydrogen-bond acceptors (Lipinski definition) is 2. The van der Waals surface area contributed by atoms with Crippen molar-refractivity contribution in [1.29, 1.82) is 0 Å². The molecule has 1 saturated carbocycles. The van der Waals surface area contributed by atoms with Crippen LogP contribution in [0.25, 0.3) is 0 Å². The number of benzene rings is 1. The standard InChI is InChI=1S/C13H14ClFN2O/c14-10-7-9(3-4-11(10)15)17-6-5-12(13(17)18)16-8-1-2-8/h3-4,7-8,12,16H,1-2,5-6H2. The third-order valence-corrected chi connectivity index (χ3v) is 3.72. The second kappa shape index (κ2) is 4.52. The van der Waals surface area contributed by atoms with Crippen LogP contribution in [0.2, 0.25) is 5.02 Å². The second-order valence-electron chi connectivity index (χ2n) is 4.87. The van der Waals surface area contributed by atoms with Crippen molar-refractivity contribution in [2.24, 2.45) is 0 Å². The first-order valence-corrected chi connectivity index (χ1v) is 6.55. The number of carbonyl (C=O) groups is 1. The average molecular weight is 269 g/mol. The fourth-order valence-electron chi connectivity index (χ4n) is 2.28. The highest BCUT2D eigenvalue weighted by Crippen LogP contribution is 2.28. The lowest BCUT2D eigenvalue weighted by Crippen LogP contribution is -2.39. The highest BCUT2D eigenvalue weighted by atomic mass is 35.5. The number of halogens is 2. The van der Waals surface area contributed by atoms with Crippen molar-refractivity contribution in [1.82, 2.24) is 5.32 Å². The molecule has 3 nitrogen and oxygen atoms in total. The number of carbonyl (C=O) groups excluding carboxylic acids is 1. The molecule has 0 bridgehead atoms. The van der Waals surface area contributed by atoms with Crippen molar-refractivity contribution in [3.05, 3.63) is 29.0 Å². The van der Waals surface area contributed by atoms with E-state index in [0.717, 1.165) is 19.3 Å². The van der Waals surface area contributed by atoms with E-state index in [1.165, 1.54) is 12.1 Å². The molecule has 1 atom stereocenters. The highest BCUT2D eigenvalue weighted by molar-refractivity contribution is 6.31. The van der Waals surface area contributed by atoms with Crippen LogP contribution >= 0.6 is 11.6 Å². The van der Waals surface area contributed by atoms with Crippen molar-refractivity contribution < 1.29 is 9.18 Å². The van der Waals surface area contributed by atoms with Gasteiger partial charge in [0.25, 0.3) is 0 Å². The summed E-state index contributed by atoms with van der Waals surface area (Å²) in [5.74, 6) is -0.399. The Morgan fingerprint density at radius 1 is 1.33 bits per heavy atom. The van der Waals surface area contributed by atoms with Crippen LogP contribution in [0.3, 0.4) is 0 Å². The van der Waals surface area contributed by atoms with Crippen molar-refractivity contribution in [3.63, 3.8) is 0 Å². The van der Waals surface area contributed by atoms with E-state index in [9.17, 15) is 9.18 Å². The number of nitrogens with one attached hydrogen (secondary N) is 1. The Labute approximate surface area is 110 Å². The summed E-state index contributed by atoms with van der Waals surface area (Å²) in [7, 11) is 0. The van der Waals surface area contributed by atoms with Crippen molar-refractivity contribution >= 4 is 23.2 Å². The average Bonchev–Trinajstić information content (AvgIpc) is 3.09. The Kier molecular flexibility index (Phi) is 2.99. The SMILES string of the molecule is O=C1C(NC2CC2)CCN1c1ccc(F)c(Cl)c1. The first kappa shape index (κ1) is 11.9. The van der Waals surface area contributed by atoms with Gasteiger partial charge in [-0.05, 0) is 37.5 Å².